The summed E-state index contributed by atoms with van der Waals surface area (Å²) in [4.78, 5) is 2.17. The number of alkyl halides is 1. The Bertz CT molecular complexity index is 397. The van der Waals surface area contributed by atoms with Crippen LogP contribution in [0, 0.1) is 0 Å². The molecule has 1 N–H and O–H groups in total. The monoisotopic (exact) mass is 316 g/mol. The van der Waals surface area contributed by atoms with Crippen molar-refractivity contribution in [1.29, 1.82) is 0 Å². The van der Waals surface area contributed by atoms with Gasteiger partial charge in [0.1, 0.15) is 12.4 Å². The van der Waals surface area contributed by atoms with Crippen LogP contribution >= 0.6 is 15.9 Å². The van der Waals surface area contributed by atoms with Gasteiger partial charge in [-0.15, -0.1) is 0 Å². The van der Waals surface area contributed by atoms with Crippen LogP contribution in [0.2, 0.25) is 0 Å². The fraction of sp³-hybridized carbons (Fsp3) is 0.538. The zero-order valence-corrected chi connectivity index (χ0v) is 12.0. The summed E-state index contributed by atoms with van der Waals surface area (Å²) in [5.74, 6) is 0.749. The molecular weight excluding hydrogens is 299 g/mol. The number of ether oxygens (including phenoxy) is 1. The molecule has 0 aliphatic carbocycles. The number of rotatable bonds is 4. The molecule has 2 rings (SSSR count). The summed E-state index contributed by atoms with van der Waals surface area (Å²) in [7, 11) is 1.62. The van der Waals surface area contributed by atoms with E-state index in [0.29, 0.717) is 0 Å². The van der Waals surface area contributed by atoms with Crippen molar-refractivity contribution in [1.82, 2.24) is 10.2 Å². The van der Waals surface area contributed by atoms with Gasteiger partial charge < -0.3 is 10.1 Å². The van der Waals surface area contributed by atoms with E-state index >= 15 is 0 Å². The second-order valence-corrected chi connectivity index (χ2v) is 5.26. The van der Waals surface area contributed by atoms with Gasteiger partial charge in [0, 0.05) is 36.2 Å². The van der Waals surface area contributed by atoms with Gasteiger partial charge in [0.25, 0.3) is 0 Å². The number of methoxy groups -OCH3 is 1. The number of hydrogen-bond acceptors (Lipinski definition) is 3. The molecule has 0 amide bonds. The van der Waals surface area contributed by atoms with Crippen LogP contribution in [-0.4, -0.2) is 44.9 Å². The lowest BCUT2D eigenvalue weighted by molar-refractivity contribution is 0.145. The molecule has 1 atom stereocenters. The van der Waals surface area contributed by atoms with E-state index in [-0.39, 0.29) is 6.04 Å². The van der Waals surface area contributed by atoms with Crippen LogP contribution in [-0.2, 0) is 0 Å². The van der Waals surface area contributed by atoms with Gasteiger partial charge in [-0.25, -0.2) is 4.39 Å². The van der Waals surface area contributed by atoms with Crippen molar-refractivity contribution in [2.75, 3.05) is 40.0 Å². The van der Waals surface area contributed by atoms with Gasteiger partial charge >= 0.3 is 0 Å². The molecule has 1 aromatic rings. The molecule has 0 unspecified atom stereocenters. The van der Waals surface area contributed by atoms with Crippen molar-refractivity contribution < 1.29 is 9.13 Å². The quantitative estimate of drug-likeness (QED) is 0.923. The number of piperazine rings is 1. The second-order valence-electron chi connectivity index (χ2n) is 4.34. The van der Waals surface area contributed by atoms with Gasteiger partial charge in [0.15, 0.2) is 0 Å². The topological polar surface area (TPSA) is 24.5 Å². The molecular formula is C13H18BrFN2O. The molecule has 0 aromatic heterocycles. The van der Waals surface area contributed by atoms with Crippen molar-refractivity contribution >= 4 is 15.9 Å². The van der Waals surface area contributed by atoms with Crippen molar-refractivity contribution in [3.63, 3.8) is 0 Å². The summed E-state index contributed by atoms with van der Waals surface area (Å²) in [6.45, 7) is 3.15. The minimum Gasteiger partial charge on any atom is -0.496 e. The molecule has 0 radical (unpaired) electrons. The average Bonchev–Trinajstić information content (AvgIpc) is 2.41. The third kappa shape index (κ3) is 3.02. The van der Waals surface area contributed by atoms with Crippen LogP contribution in [0.3, 0.4) is 0 Å². The van der Waals surface area contributed by atoms with Crippen molar-refractivity contribution in [3.8, 4) is 5.75 Å². The van der Waals surface area contributed by atoms with E-state index in [1.807, 2.05) is 18.2 Å². The molecule has 3 nitrogen and oxygen atoms in total. The molecule has 0 bridgehead atoms. The highest BCUT2D eigenvalue weighted by atomic mass is 79.9. The highest BCUT2D eigenvalue weighted by Gasteiger charge is 2.24. The highest BCUT2D eigenvalue weighted by Crippen LogP contribution is 2.32. The lowest BCUT2D eigenvalue weighted by Crippen LogP contribution is -2.45. The summed E-state index contributed by atoms with van der Waals surface area (Å²) in [6, 6.07) is 5.52. The summed E-state index contributed by atoms with van der Waals surface area (Å²) >= 11 is 3.44. The van der Waals surface area contributed by atoms with Crippen LogP contribution in [0.1, 0.15) is 11.6 Å². The Balaban J connectivity index is 2.27. The average molecular weight is 317 g/mol. The molecule has 1 fully saturated rings. The Morgan fingerprint density at radius 2 is 2.17 bits per heavy atom. The van der Waals surface area contributed by atoms with Gasteiger partial charge in [0.05, 0.1) is 13.2 Å². The molecule has 100 valence electrons. The molecule has 1 heterocycles. The molecule has 0 spiro atoms. The first-order valence-corrected chi connectivity index (χ1v) is 6.89. The molecule has 1 aliphatic rings. The van der Waals surface area contributed by atoms with Crippen LogP contribution in [0.25, 0.3) is 0 Å². The molecule has 1 aliphatic heterocycles. The molecule has 18 heavy (non-hydrogen) atoms. The Hall–Kier alpha value is -0.650. The van der Waals surface area contributed by atoms with Crippen molar-refractivity contribution in [2.45, 2.75) is 6.04 Å². The molecule has 5 heteroatoms. The van der Waals surface area contributed by atoms with E-state index in [0.717, 1.165) is 42.0 Å². The van der Waals surface area contributed by atoms with Crippen molar-refractivity contribution in [2.24, 2.45) is 0 Å². The Kier molecular flexibility index (Phi) is 4.97. The van der Waals surface area contributed by atoms with Gasteiger partial charge in [-0.05, 0) is 18.2 Å². The van der Waals surface area contributed by atoms with E-state index in [1.54, 1.807) is 7.11 Å². The van der Waals surface area contributed by atoms with Crippen LogP contribution in [0.4, 0.5) is 4.39 Å². The van der Waals surface area contributed by atoms with E-state index in [9.17, 15) is 4.39 Å². The fourth-order valence-electron chi connectivity index (χ4n) is 2.34. The zero-order chi connectivity index (χ0) is 13.0. The maximum absolute atomic E-state index is 13.4. The van der Waals surface area contributed by atoms with E-state index in [4.69, 9.17) is 4.74 Å². The summed E-state index contributed by atoms with van der Waals surface area (Å²) in [5.41, 5.74) is 0.913. The van der Waals surface area contributed by atoms with Crippen LogP contribution in [0.5, 0.6) is 5.75 Å². The minimum absolute atomic E-state index is 0.223. The summed E-state index contributed by atoms with van der Waals surface area (Å²) in [6.07, 6.45) is 0. The highest BCUT2D eigenvalue weighted by molar-refractivity contribution is 9.10. The zero-order valence-electron chi connectivity index (χ0n) is 10.5. The van der Waals surface area contributed by atoms with Crippen molar-refractivity contribution in [3.05, 3.63) is 28.2 Å². The Morgan fingerprint density at radius 1 is 1.44 bits per heavy atom. The number of benzene rings is 1. The fourth-order valence-corrected chi connectivity index (χ4v) is 2.72. The molecule has 1 aromatic carbocycles. The van der Waals surface area contributed by atoms with Gasteiger partial charge in [-0.2, -0.15) is 0 Å². The van der Waals surface area contributed by atoms with E-state index < -0.39 is 6.67 Å². The predicted octanol–water partition coefficient (Wildman–Crippen LogP) is 2.37. The van der Waals surface area contributed by atoms with E-state index in [2.05, 4.69) is 26.1 Å². The summed E-state index contributed by atoms with van der Waals surface area (Å²) < 4.78 is 19.7. The maximum Gasteiger partial charge on any atom is 0.123 e. The van der Waals surface area contributed by atoms with Gasteiger partial charge in [0.2, 0.25) is 0 Å². The minimum atomic E-state index is -0.396. The molecule has 0 saturated carbocycles. The number of hydrogen-bond donors (Lipinski definition) is 1. The largest absolute Gasteiger partial charge is 0.496 e. The Morgan fingerprint density at radius 3 is 2.78 bits per heavy atom. The first-order valence-electron chi connectivity index (χ1n) is 6.10. The third-order valence-corrected chi connectivity index (χ3v) is 3.78. The first-order chi connectivity index (χ1) is 8.76. The predicted molar refractivity (Wildman–Crippen MR) is 73.9 cm³/mol. The van der Waals surface area contributed by atoms with Gasteiger partial charge in [-0.1, -0.05) is 15.9 Å². The molecule has 1 saturated heterocycles. The summed E-state index contributed by atoms with van der Waals surface area (Å²) in [5, 5.41) is 3.28. The van der Waals surface area contributed by atoms with Crippen LogP contribution in [0.15, 0.2) is 22.7 Å². The SMILES string of the molecule is COc1ccc(Br)cc1[C@H](CF)N1CCNCC1. The second kappa shape index (κ2) is 6.50. The lowest BCUT2D eigenvalue weighted by Gasteiger charge is -2.34. The third-order valence-electron chi connectivity index (χ3n) is 3.29. The van der Waals surface area contributed by atoms with Crippen LogP contribution < -0.4 is 10.1 Å². The number of nitrogens with one attached hydrogen (secondary N) is 1. The Labute approximate surface area is 115 Å². The first kappa shape index (κ1) is 13.8. The lowest BCUT2D eigenvalue weighted by atomic mass is 10.0. The standard InChI is InChI=1S/C13H18BrFN2O/c1-18-13-3-2-10(14)8-11(13)12(9-15)17-6-4-16-5-7-17/h2-3,8,12,16H,4-7,9H2,1H3/t12-/m0/s1. The number of halogens is 2. The van der Waals surface area contributed by atoms with Gasteiger partial charge in [-0.3, -0.25) is 4.90 Å². The van der Waals surface area contributed by atoms with E-state index in [1.165, 1.54) is 0 Å². The normalized spacial score (nSPS) is 18.6. The maximum atomic E-state index is 13.4. The number of nitrogens with zero attached hydrogens (tertiary/aromatic N) is 1. The smallest absolute Gasteiger partial charge is 0.123 e.